The van der Waals surface area contributed by atoms with E-state index in [1.165, 1.54) is 10.5 Å². The van der Waals surface area contributed by atoms with Gasteiger partial charge in [0.2, 0.25) is 17.7 Å². The Labute approximate surface area is 228 Å². The zero-order chi connectivity index (χ0) is 24.5. The molecule has 11 heteroatoms. The van der Waals surface area contributed by atoms with Crippen LogP contribution in [-0.2, 0) is 25.5 Å². The minimum absolute atomic E-state index is 0. The number of ether oxygens (including phenoxy) is 1. The normalized spacial score (nSPS) is 24.7. The lowest BCUT2D eigenvalue weighted by atomic mass is 9.87. The first-order valence-electron chi connectivity index (χ1n) is 12.2. The van der Waals surface area contributed by atoms with Crippen molar-refractivity contribution in [3.63, 3.8) is 0 Å². The van der Waals surface area contributed by atoms with Crippen LogP contribution in [0, 0.1) is 0 Å². The summed E-state index contributed by atoms with van der Waals surface area (Å²) in [6, 6.07) is 7.72. The van der Waals surface area contributed by atoms with E-state index in [4.69, 9.17) is 4.74 Å². The molecule has 0 bridgehead atoms. The number of carbonyl (C=O) groups excluding carboxylic acids is 3. The van der Waals surface area contributed by atoms with E-state index < -0.39 is 24.4 Å². The molecule has 3 amide bonds. The van der Waals surface area contributed by atoms with Crippen LogP contribution in [0.1, 0.15) is 66.8 Å². The molecule has 1 saturated heterocycles. The molecule has 200 valence electrons. The van der Waals surface area contributed by atoms with E-state index >= 15 is 0 Å². The van der Waals surface area contributed by atoms with Crippen LogP contribution in [-0.4, -0.2) is 53.3 Å². The minimum Gasteiger partial charge on any atom is -0.354 e. The average Bonchev–Trinajstić information content (AvgIpc) is 3.13. The molecule has 0 saturated carbocycles. The summed E-state index contributed by atoms with van der Waals surface area (Å²) in [5, 5.41) is 8.92. The first kappa shape index (κ1) is 28.8. The molecule has 2 aliphatic heterocycles. The van der Waals surface area contributed by atoms with Crippen molar-refractivity contribution in [3.8, 4) is 0 Å². The average molecular weight is 550 g/mol. The molecular weight excluding hydrogens is 517 g/mol. The van der Waals surface area contributed by atoms with Crippen LogP contribution in [0.5, 0.6) is 0 Å². The van der Waals surface area contributed by atoms with E-state index in [9.17, 15) is 14.4 Å². The number of fused-ring (bicyclic) bond motifs is 4. The Morgan fingerprint density at radius 1 is 1.05 bits per heavy atom. The predicted molar refractivity (Wildman–Crippen MR) is 142 cm³/mol. The first-order valence-corrected chi connectivity index (χ1v) is 12.2. The fraction of sp³-hybridized carbons (Fsp3) is 0.462. The lowest BCUT2D eigenvalue weighted by molar-refractivity contribution is -0.153. The maximum Gasteiger partial charge on any atom is 0.248 e. The summed E-state index contributed by atoms with van der Waals surface area (Å²) < 4.78 is 6.08. The summed E-state index contributed by atoms with van der Waals surface area (Å²) in [5.74, 6) is -0.872. The fourth-order valence-corrected chi connectivity index (χ4v) is 5.30. The summed E-state index contributed by atoms with van der Waals surface area (Å²) in [7, 11) is 1.69. The number of amides is 3. The Morgan fingerprint density at radius 3 is 2.62 bits per heavy atom. The fourth-order valence-electron chi connectivity index (χ4n) is 5.30. The summed E-state index contributed by atoms with van der Waals surface area (Å²) in [6.45, 7) is 2.00. The highest BCUT2D eigenvalue weighted by Crippen LogP contribution is 2.44. The second-order valence-electron chi connectivity index (χ2n) is 9.39. The second kappa shape index (κ2) is 12.2. The van der Waals surface area contributed by atoms with Crippen LogP contribution in [0.3, 0.4) is 0 Å². The molecule has 1 aromatic heterocycles. The van der Waals surface area contributed by atoms with Crippen molar-refractivity contribution in [2.45, 2.75) is 63.0 Å². The second-order valence-corrected chi connectivity index (χ2v) is 9.39. The van der Waals surface area contributed by atoms with Gasteiger partial charge in [0, 0.05) is 29.9 Å². The zero-order valence-electron chi connectivity index (χ0n) is 20.8. The van der Waals surface area contributed by atoms with E-state index in [2.05, 4.69) is 33.1 Å². The lowest BCUT2D eigenvalue weighted by Crippen LogP contribution is -2.53. The number of pyridine rings is 1. The van der Waals surface area contributed by atoms with E-state index in [0.717, 1.165) is 30.4 Å². The van der Waals surface area contributed by atoms with E-state index in [1.807, 2.05) is 12.1 Å². The maximum absolute atomic E-state index is 13.8. The molecule has 5 rings (SSSR count). The van der Waals surface area contributed by atoms with Crippen LogP contribution in [0.25, 0.3) is 0 Å². The van der Waals surface area contributed by atoms with Gasteiger partial charge in [-0.15, -0.1) is 24.8 Å². The first-order chi connectivity index (χ1) is 17.0. The van der Waals surface area contributed by atoms with Crippen LogP contribution >= 0.6 is 24.8 Å². The number of hydrogen-bond donors (Lipinski definition) is 3. The Balaban J connectivity index is 0.00000190. The van der Waals surface area contributed by atoms with Crippen molar-refractivity contribution in [2.24, 2.45) is 0 Å². The number of aryl methyl sites for hydroxylation is 1. The van der Waals surface area contributed by atoms with Crippen molar-refractivity contribution in [3.05, 3.63) is 65.0 Å². The zero-order valence-corrected chi connectivity index (χ0v) is 22.4. The summed E-state index contributed by atoms with van der Waals surface area (Å²) in [4.78, 5) is 45.8. The maximum atomic E-state index is 13.8. The van der Waals surface area contributed by atoms with Crippen LogP contribution in [0.15, 0.2) is 42.7 Å². The van der Waals surface area contributed by atoms with Gasteiger partial charge >= 0.3 is 0 Å². The number of aromatic nitrogens is 1. The molecule has 3 heterocycles. The van der Waals surface area contributed by atoms with Crippen molar-refractivity contribution in [1.29, 1.82) is 0 Å². The highest BCUT2D eigenvalue weighted by Gasteiger charge is 2.49. The SMILES string of the molecule is CNC(C)C(=O)N[C@H]1CCOC2c3ccncc3C(C(=O)N[C@@H]3CCCc4ccccc43)N2C1=O.Cl.Cl. The quantitative estimate of drug-likeness (QED) is 0.528. The smallest absolute Gasteiger partial charge is 0.248 e. The molecule has 1 fully saturated rings. The Hall–Kier alpha value is -2.72. The van der Waals surface area contributed by atoms with Gasteiger partial charge in [-0.3, -0.25) is 24.3 Å². The molecule has 1 aromatic carbocycles. The standard InChI is InChI=1S/C26H31N5O4.2ClH/c1-15(27-2)23(32)30-21-11-13-35-26-18-10-12-28-14-19(18)22(31(26)25(21)34)24(33)29-20-9-5-7-16-6-3-4-8-17(16)20;;/h3-4,6,8,10,12,14-15,20-22,26-27H,5,7,9,11,13H2,1-2H3,(H,29,33)(H,30,32);2*1H/t15?,20-,21+,22?,26?;;/m1../s1. The molecule has 37 heavy (non-hydrogen) atoms. The summed E-state index contributed by atoms with van der Waals surface area (Å²) >= 11 is 0. The van der Waals surface area contributed by atoms with Crippen LogP contribution in [0.2, 0.25) is 0 Å². The van der Waals surface area contributed by atoms with Gasteiger partial charge in [-0.25, -0.2) is 0 Å². The van der Waals surface area contributed by atoms with Crippen LogP contribution in [0.4, 0.5) is 0 Å². The van der Waals surface area contributed by atoms with Gasteiger partial charge in [0.1, 0.15) is 12.1 Å². The number of benzene rings is 1. The molecule has 5 atom stereocenters. The number of rotatable bonds is 5. The molecule has 3 aliphatic rings. The number of nitrogens with one attached hydrogen (secondary N) is 3. The Kier molecular flexibility index (Phi) is 9.52. The van der Waals surface area contributed by atoms with Crippen molar-refractivity contribution < 1.29 is 19.1 Å². The molecule has 3 N–H and O–H groups in total. The number of carbonyl (C=O) groups is 3. The van der Waals surface area contributed by atoms with Crippen molar-refractivity contribution >= 4 is 42.5 Å². The molecule has 0 radical (unpaired) electrons. The van der Waals surface area contributed by atoms with Gasteiger partial charge in [-0.1, -0.05) is 24.3 Å². The molecule has 1 aliphatic carbocycles. The van der Waals surface area contributed by atoms with E-state index in [0.29, 0.717) is 12.0 Å². The topological polar surface area (TPSA) is 113 Å². The molecule has 0 spiro atoms. The van der Waals surface area contributed by atoms with Gasteiger partial charge in [0.25, 0.3) is 0 Å². The van der Waals surface area contributed by atoms with Crippen molar-refractivity contribution in [1.82, 2.24) is 25.8 Å². The molecule has 3 unspecified atom stereocenters. The van der Waals surface area contributed by atoms with E-state index in [-0.39, 0.29) is 55.2 Å². The highest BCUT2D eigenvalue weighted by atomic mass is 35.5. The lowest BCUT2D eigenvalue weighted by Gasteiger charge is -2.32. The third kappa shape index (κ3) is 5.45. The largest absolute Gasteiger partial charge is 0.354 e. The number of halogens is 2. The van der Waals surface area contributed by atoms with Gasteiger partial charge < -0.3 is 20.7 Å². The third-order valence-corrected chi connectivity index (χ3v) is 7.29. The molecular formula is C26H33Cl2N5O4. The van der Waals surface area contributed by atoms with Gasteiger partial charge in [0.15, 0.2) is 6.23 Å². The third-order valence-electron chi connectivity index (χ3n) is 7.29. The number of likely N-dealkylation sites (N-methyl/N-ethyl adjacent to an activating group) is 1. The highest BCUT2D eigenvalue weighted by molar-refractivity contribution is 5.95. The minimum atomic E-state index is -0.885. The van der Waals surface area contributed by atoms with Crippen LogP contribution < -0.4 is 16.0 Å². The summed E-state index contributed by atoms with van der Waals surface area (Å²) in [6.07, 6.45) is 5.72. The number of hydrogen-bond acceptors (Lipinski definition) is 6. The monoisotopic (exact) mass is 549 g/mol. The van der Waals surface area contributed by atoms with Gasteiger partial charge in [-0.2, -0.15) is 0 Å². The molecule has 9 nitrogen and oxygen atoms in total. The molecule has 2 aromatic rings. The Bertz CT molecular complexity index is 1150. The predicted octanol–water partition coefficient (Wildman–Crippen LogP) is 2.51. The van der Waals surface area contributed by atoms with E-state index in [1.54, 1.807) is 32.4 Å². The van der Waals surface area contributed by atoms with Gasteiger partial charge in [0.05, 0.1) is 18.7 Å². The Morgan fingerprint density at radius 2 is 1.84 bits per heavy atom. The summed E-state index contributed by atoms with van der Waals surface area (Å²) in [5.41, 5.74) is 3.78. The van der Waals surface area contributed by atoms with Crippen molar-refractivity contribution in [2.75, 3.05) is 13.7 Å². The number of nitrogens with zero attached hydrogens (tertiary/aromatic N) is 2. The van der Waals surface area contributed by atoms with Gasteiger partial charge in [-0.05, 0) is 50.4 Å².